The van der Waals surface area contributed by atoms with Crippen molar-refractivity contribution in [3.8, 4) is 0 Å². The molecule has 19 heavy (non-hydrogen) atoms. The summed E-state index contributed by atoms with van der Waals surface area (Å²) >= 11 is 0. The van der Waals surface area contributed by atoms with E-state index in [-0.39, 0.29) is 5.25 Å². The van der Waals surface area contributed by atoms with Crippen LogP contribution in [0, 0.1) is 13.8 Å². The summed E-state index contributed by atoms with van der Waals surface area (Å²) in [5.74, 6) is 1.75. The highest BCUT2D eigenvalue weighted by Gasteiger charge is 2.19. The van der Waals surface area contributed by atoms with Crippen LogP contribution in [0.3, 0.4) is 0 Å². The van der Waals surface area contributed by atoms with Crippen LogP contribution in [0.2, 0.25) is 0 Å². The zero-order valence-corrected chi connectivity index (χ0v) is 12.4. The van der Waals surface area contributed by atoms with Crippen molar-refractivity contribution in [1.82, 2.24) is 4.98 Å². The van der Waals surface area contributed by atoms with Gasteiger partial charge in [0.05, 0.1) is 10.9 Å². The normalized spacial score (nSPS) is 14.3. The summed E-state index contributed by atoms with van der Waals surface area (Å²) in [7, 11) is -1.01. The van der Waals surface area contributed by atoms with E-state index in [0.29, 0.717) is 11.6 Å². The molecule has 4 heteroatoms. The van der Waals surface area contributed by atoms with Gasteiger partial charge in [0, 0.05) is 10.8 Å². The van der Waals surface area contributed by atoms with Crippen molar-refractivity contribution in [3.63, 3.8) is 0 Å². The van der Waals surface area contributed by atoms with Crippen LogP contribution in [0.4, 0.5) is 0 Å². The standard InChI is InChI=1S/C15H19NO2S/c1-4-14(13-8-6-5-7-9-13)19(17)10-15-16-11(2)12(3)18-15/h5-9,14H,4,10H2,1-3H3/t14-,19-/m1/s1. The van der Waals surface area contributed by atoms with E-state index in [1.54, 1.807) is 0 Å². The number of hydrogen-bond acceptors (Lipinski definition) is 3. The predicted molar refractivity (Wildman–Crippen MR) is 77.3 cm³/mol. The van der Waals surface area contributed by atoms with Crippen LogP contribution in [0.5, 0.6) is 0 Å². The molecule has 0 amide bonds. The molecule has 0 fully saturated rings. The zero-order chi connectivity index (χ0) is 13.8. The molecule has 2 rings (SSSR count). The molecule has 0 aliphatic carbocycles. The summed E-state index contributed by atoms with van der Waals surface area (Å²) in [5.41, 5.74) is 1.99. The molecule has 2 atom stereocenters. The summed E-state index contributed by atoms with van der Waals surface area (Å²) in [6, 6.07) is 9.99. The zero-order valence-electron chi connectivity index (χ0n) is 11.6. The molecule has 0 aliphatic rings. The number of aromatic nitrogens is 1. The van der Waals surface area contributed by atoms with E-state index >= 15 is 0 Å². The van der Waals surface area contributed by atoms with E-state index < -0.39 is 10.8 Å². The SMILES string of the molecule is CC[C@H](c1ccccc1)[S@](=O)Cc1nc(C)c(C)o1. The second-order valence-electron chi connectivity index (χ2n) is 4.58. The third-order valence-electron chi connectivity index (χ3n) is 3.20. The molecular weight excluding hydrogens is 258 g/mol. The molecule has 3 nitrogen and oxygen atoms in total. The molecule has 0 unspecified atom stereocenters. The molecule has 1 aromatic heterocycles. The first kappa shape index (κ1) is 14.0. The predicted octanol–water partition coefficient (Wildman–Crippen LogP) is 3.69. The lowest BCUT2D eigenvalue weighted by Crippen LogP contribution is -2.08. The lowest BCUT2D eigenvalue weighted by Gasteiger charge is -2.13. The van der Waals surface area contributed by atoms with Gasteiger partial charge in [0.25, 0.3) is 0 Å². The minimum atomic E-state index is -1.01. The van der Waals surface area contributed by atoms with Crippen LogP contribution in [0.1, 0.15) is 41.5 Å². The maximum Gasteiger partial charge on any atom is 0.207 e. The molecule has 1 aromatic carbocycles. The van der Waals surface area contributed by atoms with Gasteiger partial charge in [0.1, 0.15) is 11.5 Å². The average Bonchev–Trinajstić information content (AvgIpc) is 2.70. The van der Waals surface area contributed by atoms with Crippen LogP contribution >= 0.6 is 0 Å². The molecule has 2 aromatic rings. The molecule has 0 saturated heterocycles. The Morgan fingerprint density at radius 1 is 1.26 bits per heavy atom. The van der Waals surface area contributed by atoms with Gasteiger partial charge in [-0.05, 0) is 25.8 Å². The minimum Gasteiger partial charge on any atom is -0.445 e. The molecule has 0 saturated carbocycles. The highest BCUT2D eigenvalue weighted by Crippen LogP contribution is 2.25. The smallest absolute Gasteiger partial charge is 0.207 e. The van der Waals surface area contributed by atoms with Crippen molar-refractivity contribution in [1.29, 1.82) is 0 Å². The molecule has 1 heterocycles. The van der Waals surface area contributed by atoms with Gasteiger partial charge >= 0.3 is 0 Å². The molecule has 0 radical (unpaired) electrons. The number of hydrogen-bond donors (Lipinski definition) is 0. The second-order valence-corrected chi connectivity index (χ2v) is 6.20. The van der Waals surface area contributed by atoms with Gasteiger partial charge in [0.2, 0.25) is 5.89 Å². The summed E-state index contributed by atoms with van der Waals surface area (Å²) < 4.78 is 18.0. The number of oxazole rings is 1. The van der Waals surface area contributed by atoms with Gasteiger partial charge in [0.15, 0.2) is 0 Å². The third kappa shape index (κ3) is 3.32. The minimum absolute atomic E-state index is 0.0358. The largest absolute Gasteiger partial charge is 0.445 e. The topological polar surface area (TPSA) is 43.1 Å². The fourth-order valence-corrected chi connectivity index (χ4v) is 3.46. The first-order valence-electron chi connectivity index (χ1n) is 6.46. The Balaban J connectivity index is 2.14. The first-order chi connectivity index (χ1) is 9.11. The van der Waals surface area contributed by atoms with E-state index in [1.165, 1.54) is 0 Å². The van der Waals surface area contributed by atoms with Crippen LogP contribution in [0.15, 0.2) is 34.7 Å². The maximum atomic E-state index is 12.5. The summed E-state index contributed by atoms with van der Waals surface area (Å²) in [4.78, 5) is 4.30. The van der Waals surface area contributed by atoms with E-state index in [9.17, 15) is 4.21 Å². The van der Waals surface area contributed by atoms with Crippen LogP contribution in [-0.2, 0) is 16.6 Å². The van der Waals surface area contributed by atoms with Gasteiger partial charge < -0.3 is 4.42 Å². The monoisotopic (exact) mass is 277 g/mol. The Labute approximate surface area is 116 Å². The van der Waals surface area contributed by atoms with Gasteiger partial charge in [-0.25, -0.2) is 4.98 Å². The summed E-state index contributed by atoms with van der Waals surface area (Å²) in [5, 5.41) is 0.0358. The van der Waals surface area contributed by atoms with Crippen LogP contribution in [0.25, 0.3) is 0 Å². The Kier molecular flexibility index (Phi) is 4.53. The first-order valence-corrected chi connectivity index (χ1v) is 7.85. The number of aryl methyl sites for hydroxylation is 2. The highest BCUT2D eigenvalue weighted by atomic mass is 32.2. The van der Waals surface area contributed by atoms with Crippen molar-refractivity contribution >= 4 is 10.8 Å². The fraction of sp³-hybridized carbons (Fsp3) is 0.400. The fourth-order valence-electron chi connectivity index (χ4n) is 2.06. The number of benzene rings is 1. The third-order valence-corrected chi connectivity index (χ3v) is 4.97. The van der Waals surface area contributed by atoms with E-state index in [4.69, 9.17) is 4.42 Å². The van der Waals surface area contributed by atoms with Crippen LogP contribution in [-0.4, -0.2) is 9.19 Å². The van der Waals surface area contributed by atoms with E-state index in [1.807, 2.05) is 44.2 Å². The maximum absolute atomic E-state index is 12.5. The highest BCUT2D eigenvalue weighted by molar-refractivity contribution is 7.84. The van der Waals surface area contributed by atoms with Gasteiger partial charge in [-0.15, -0.1) is 0 Å². The lowest BCUT2D eigenvalue weighted by molar-refractivity contribution is 0.487. The Morgan fingerprint density at radius 2 is 1.95 bits per heavy atom. The van der Waals surface area contributed by atoms with Crippen molar-refractivity contribution in [2.45, 2.75) is 38.2 Å². The molecule has 0 spiro atoms. The molecular formula is C15H19NO2S. The van der Waals surface area contributed by atoms with Crippen molar-refractivity contribution < 1.29 is 8.63 Å². The van der Waals surface area contributed by atoms with Gasteiger partial charge in [-0.1, -0.05) is 37.3 Å². The molecule has 0 aliphatic heterocycles. The van der Waals surface area contributed by atoms with Crippen molar-refractivity contribution in [3.05, 3.63) is 53.2 Å². The van der Waals surface area contributed by atoms with E-state index in [2.05, 4.69) is 11.9 Å². The second kappa shape index (κ2) is 6.15. The van der Waals surface area contributed by atoms with Crippen LogP contribution < -0.4 is 0 Å². The average molecular weight is 277 g/mol. The Morgan fingerprint density at radius 3 is 2.47 bits per heavy atom. The van der Waals surface area contributed by atoms with E-state index in [0.717, 1.165) is 23.4 Å². The Bertz CT molecular complexity index is 543. The molecule has 0 N–H and O–H groups in total. The summed E-state index contributed by atoms with van der Waals surface area (Å²) in [6.07, 6.45) is 0.843. The van der Waals surface area contributed by atoms with Gasteiger partial charge in [-0.2, -0.15) is 0 Å². The number of nitrogens with zero attached hydrogens (tertiary/aromatic N) is 1. The Hall–Kier alpha value is -1.42. The molecule has 0 bridgehead atoms. The quantitative estimate of drug-likeness (QED) is 0.837. The van der Waals surface area contributed by atoms with Crippen molar-refractivity contribution in [2.24, 2.45) is 0 Å². The summed E-state index contributed by atoms with van der Waals surface area (Å²) in [6.45, 7) is 5.84. The lowest BCUT2D eigenvalue weighted by atomic mass is 10.1. The number of rotatable bonds is 5. The molecule has 102 valence electrons. The van der Waals surface area contributed by atoms with Crippen molar-refractivity contribution in [2.75, 3.05) is 0 Å². The van der Waals surface area contributed by atoms with Gasteiger partial charge in [-0.3, -0.25) is 4.21 Å².